The molecule has 15 nitrogen and oxygen atoms in total. The van der Waals surface area contributed by atoms with Crippen LogP contribution in [-0.4, -0.2) is 71.7 Å². The molecule has 0 heterocycles. The highest BCUT2D eigenvalue weighted by Crippen LogP contribution is 2.18. The Morgan fingerprint density at radius 2 is 1.27 bits per heavy atom. The highest BCUT2D eigenvalue weighted by molar-refractivity contribution is 6.00. The first-order valence-electron chi connectivity index (χ1n) is 16.8. The average molecular weight is 707 g/mol. The molecule has 1 unspecified atom stereocenters. The third-order valence-corrected chi connectivity index (χ3v) is 8.17. The quantitative estimate of drug-likeness (QED) is 0.0501. The van der Waals surface area contributed by atoms with Crippen LogP contribution in [0, 0.1) is 17.8 Å². The van der Waals surface area contributed by atoms with E-state index in [2.05, 4.69) is 20.9 Å². The van der Waals surface area contributed by atoms with Crippen molar-refractivity contribution in [3.63, 3.8) is 0 Å². The van der Waals surface area contributed by atoms with E-state index in [-0.39, 0.29) is 44.1 Å². The molecule has 2 aromatic rings. The predicted molar refractivity (Wildman–Crippen MR) is 191 cm³/mol. The lowest BCUT2D eigenvalue weighted by Crippen LogP contribution is -2.50. The summed E-state index contributed by atoms with van der Waals surface area (Å²) in [5.41, 5.74) is 22.8. The summed E-state index contributed by atoms with van der Waals surface area (Å²) in [7, 11) is 0. The van der Waals surface area contributed by atoms with Gasteiger partial charge in [0.05, 0.1) is 18.5 Å². The molecule has 2 aromatic carbocycles. The van der Waals surface area contributed by atoms with Gasteiger partial charge >= 0.3 is 0 Å². The lowest BCUT2D eigenvalue weighted by Gasteiger charge is -2.25. The number of carbonyl (C=O) groups excluding carboxylic acids is 7. The number of aliphatic imine (C=N–C) groups is 1. The Morgan fingerprint density at radius 3 is 1.82 bits per heavy atom. The first-order chi connectivity index (χ1) is 24.1. The van der Waals surface area contributed by atoms with E-state index in [4.69, 9.17) is 22.9 Å². The van der Waals surface area contributed by atoms with Crippen LogP contribution in [-0.2, 0) is 35.2 Å². The standard InChI is InChI=1S/C36H50N8O7/c1-21(2)31(32(38)48)44-33(49)22(3)17-28(45)27(20-30(37)47)43-35(51)25(15-10-16-41-36(39)40)19-29(46)26(18-23-11-6-4-7-12-23)42-34(50)24-13-8-5-9-14-24/h4-9,11-14,21-22,25-27,31H,10,15-20H2,1-3H3,(H2,37,47)(H2,38,48)(H,42,50)(H,43,51)(H,44,49)(H4,39,40,41)/t22?,25-,26+,27+,31+/m1/s1. The van der Waals surface area contributed by atoms with Gasteiger partial charge < -0.3 is 38.9 Å². The second-order valence-corrected chi connectivity index (χ2v) is 12.8. The highest BCUT2D eigenvalue weighted by Gasteiger charge is 2.33. The minimum atomic E-state index is -1.41. The molecule has 0 spiro atoms. The summed E-state index contributed by atoms with van der Waals surface area (Å²) in [6, 6.07) is 14.0. The van der Waals surface area contributed by atoms with Crippen molar-refractivity contribution in [1.29, 1.82) is 0 Å². The molecule has 0 bridgehead atoms. The smallest absolute Gasteiger partial charge is 0.251 e. The number of Topliss-reactive ketones (excluding diaryl/α,β-unsaturated/α-hetero) is 2. The number of rotatable bonds is 22. The number of nitrogens with zero attached hydrogens (tertiary/aromatic N) is 1. The van der Waals surface area contributed by atoms with E-state index in [0.717, 1.165) is 5.56 Å². The van der Waals surface area contributed by atoms with Gasteiger partial charge in [-0.05, 0) is 42.9 Å². The maximum atomic E-state index is 13.9. The second kappa shape index (κ2) is 20.8. The zero-order valence-electron chi connectivity index (χ0n) is 29.3. The molecule has 2 rings (SSSR count). The molecule has 0 aliphatic rings. The normalized spacial score (nSPS) is 13.8. The van der Waals surface area contributed by atoms with Crippen molar-refractivity contribution in [2.45, 2.75) is 77.4 Å². The number of ketones is 2. The average Bonchev–Trinajstić information content (AvgIpc) is 3.07. The van der Waals surface area contributed by atoms with Crippen LogP contribution in [0.2, 0.25) is 0 Å². The Bertz CT molecular complexity index is 1550. The van der Waals surface area contributed by atoms with Crippen LogP contribution in [0.3, 0.4) is 0 Å². The topological polar surface area (TPSA) is 272 Å². The molecule has 5 atom stereocenters. The Labute approximate surface area is 297 Å². The summed E-state index contributed by atoms with van der Waals surface area (Å²) in [5, 5.41) is 7.88. The van der Waals surface area contributed by atoms with Gasteiger partial charge in [-0.15, -0.1) is 0 Å². The lowest BCUT2D eigenvalue weighted by molar-refractivity contribution is -0.135. The number of hydrogen-bond acceptors (Lipinski definition) is 8. The van der Waals surface area contributed by atoms with Crippen molar-refractivity contribution < 1.29 is 33.6 Å². The zero-order chi connectivity index (χ0) is 38.1. The fraction of sp³-hybridized carbons (Fsp3) is 0.444. The van der Waals surface area contributed by atoms with Gasteiger partial charge in [-0.1, -0.05) is 69.3 Å². The van der Waals surface area contributed by atoms with Crippen LogP contribution in [0.25, 0.3) is 0 Å². The van der Waals surface area contributed by atoms with Gasteiger partial charge in [-0.25, -0.2) is 0 Å². The van der Waals surface area contributed by atoms with Gasteiger partial charge in [-0.2, -0.15) is 0 Å². The van der Waals surface area contributed by atoms with Crippen molar-refractivity contribution in [2.75, 3.05) is 6.54 Å². The van der Waals surface area contributed by atoms with Crippen LogP contribution in [0.5, 0.6) is 0 Å². The van der Waals surface area contributed by atoms with Crippen LogP contribution >= 0.6 is 0 Å². The van der Waals surface area contributed by atoms with E-state index in [1.807, 2.05) is 18.2 Å². The largest absolute Gasteiger partial charge is 0.370 e. The minimum absolute atomic E-state index is 0.110. The summed E-state index contributed by atoms with van der Waals surface area (Å²) in [5.74, 6) is -6.95. The van der Waals surface area contributed by atoms with Crippen molar-refractivity contribution in [3.05, 3.63) is 71.8 Å². The molecule has 11 N–H and O–H groups in total. The van der Waals surface area contributed by atoms with Crippen LogP contribution in [0.4, 0.5) is 0 Å². The summed E-state index contributed by atoms with van der Waals surface area (Å²) in [4.78, 5) is 94.6. The lowest BCUT2D eigenvalue weighted by atomic mass is 9.90. The molecular formula is C36H50N8O7. The second-order valence-electron chi connectivity index (χ2n) is 12.8. The number of nitrogens with two attached hydrogens (primary N) is 4. The van der Waals surface area contributed by atoms with Crippen molar-refractivity contribution >= 4 is 47.1 Å². The van der Waals surface area contributed by atoms with E-state index in [0.29, 0.717) is 5.56 Å². The SMILES string of the molecule is CC(CC(=O)[C@H](CC(N)=O)NC(=O)[C@H](CCCN=C(N)N)CC(=O)[C@H](Cc1ccccc1)NC(=O)c1ccccc1)C(=O)N[C@H](C(N)=O)C(C)C. The summed E-state index contributed by atoms with van der Waals surface area (Å²) >= 11 is 0. The maximum Gasteiger partial charge on any atom is 0.251 e. The molecule has 0 aliphatic heterocycles. The number of nitrogens with one attached hydrogen (secondary N) is 3. The molecule has 0 aromatic heterocycles. The van der Waals surface area contributed by atoms with Gasteiger partial charge in [0, 0.05) is 36.8 Å². The van der Waals surface area contributed by atoms with Gasteiger partial charge in [0.1, 0.15) is 6.04 Å². The Kier molecular flexibility index (Phi) is 17.0. The number of carbonyl (C=O) groups is 7. The predicted octanol–water partition coefficient (Wildman–Crippen LogP) is 0.238. The third-order valence-electron chi connectivity index (χ3n) is 8.17. The van der Waals surface area contributed by atoms with E-state index < -0.39 is 83.9 Å². The van der Waals surface area contributed by atoms with Crippen molar-refractivity contribution in [3.8, 4) is 0 Å². The van der Waals surface area contributed by atoms with E-state index in [1.165, 1.54) is 6.92 Å². The number of benzene rings is 2. The van der Waals surface area contributed by atoms with Crippen LogP contribution < -0.4 is 38.9 Å². The summed E-state index contributed by atoms with van der Waals surface area (Å²) in [6.45, 7) is 5.00. The van der Waals surface area contributed by atoms with Gasteiger partial charge in [0.15, 0.2) is 17.5 Å². The number of amides is 5. The molecule has 0 aliphatic carbocycles. The highest BCUT2D eigenvalue weighted by atomic mass is 16.2. The van der Waals surface area contributed by atoms with Gasteiger partial charge in [0.25, 0.3) is 5.91 Å². The van der Waals surface area contributed by atoms with E-state index >= 15 is 0 Å². The zero-order valence-corrected chi connectivity index (χ0v) is 29.3. The molecule has 0 saturated heterocycles. The molecule has 0 radical (unpaired) electrons. The van der Waals surface area contributed by atoms with Gasteiger partial charge in [-0.3, -0.25) is 38.6 Å². The number of primary amides is 2. The third kappa shape index (κ3) is 14.8. The first-order valence-corrected chi connectivity index (χ1v) is 16.8. The molecule has 0 saturated carbocycles. The first kappa shape index (κ1) is 41.6. The number of hydrogen-bond donors (Lipinski definition) is 7. The Hall–Kier alpha value is -5.60. The minimum Gasteiger partial charge on any atom is -0.370 e. The fourth-order valence-corrected chi connectivity index (χ4v) is 5.32. The van der Waals surface area contributed by atoms with Crippen molar-refractivity contribution in [1.82, 2.24) is 16.0 Å². The monoisotopic (exact) mass is 706 g/mol. The summed E-state index contributed by atoms with van der Waals surface area (Å²) < 4.78 is 0. The molecule has 276 valence electrons. The van der Waals surface area contributed by atoms with E-state index in [9.17, 15) is 33.6 Å². The Morgan fingerprint density at radius 1 is 0.686 bits per heavy atom. The number of guanidine groups is 1. The van der Waals surface area contributed by atoms with Crippen LogP contribution in [0.15, 0.2) is 65.7 Å². The molecule has 15 heteroatoms. The fourth-order valence-electron chi connectivity index (χ4n) is 5.32. The molecule has 0 fully saturated rings. The maximum absolute atomic E-state index is 13.9. The summed E-state index contributed by atoms with van der Waals surface area (Å²) in [6.07, 6.45) is -0.749. The van der Waals surface area contributed by atoms with Crippen molar-refractivity contribution in [2.24, 2.45) is 45.7 Å². The molecule has 5 amide bonds. The Balaban J connectivity index is 2.30. The molecule has 51 heavy (non-hydrogen) atoms. The van der Waals surface area contributed by atoms with Gasteiger partial charge in [0.2, 0.25) is 23.6 Å². The van der Waals surface area contributed by atoms with Crippen LogP contribution in [0.1, 0.15) is 68.8 Å². The molecular weight excluding hydrogens is 656 g/mol. The van der Waals surface area contributed by atoms with E-state index in [1.54, 1.807) is 56.3 Å².